The van der Waals surface area contributed by atoms with Gasteiger partial charge in [0.2, 0.25) is 0 Å². The summed E-state index contributed by atoms with van der Waals surface area (Å²) in [4.78, 5) is 4.13. The van der Waals surface area contributed by atoms with Gasteiger partial charge in [0.05, 0.1) is 0 Å². The molecule has 1 heterocycles. The van der Waals surface area contributed by atoms with Gasteiger partial charge in [0, 0.05) is 20.4 Å². The van der Waals surface area contributed by atoms with Gasteiger partial charge >= 0.3 is 0 Å². The van der Waals surface area contributed by atoms with Crippen molar-refractivity contribution in [1.29, 1.82) is 0 Å². The normalized spacial score (nSPS) is 12.7. The molecule has 1 aromatic rings. The van der Waals surface area contributed by atoms with Gasteiger partial charge in [-0.2, -0.15) is 0 Å². The number of thiazole rings is 1. The molecule has 0 aliphatic rings. The Morgan fingerprint density at radius 1 is 1.45 bits per heavy atom. The second kappa shape index (κ2) is 5.03. The van der Waals surface area contributed by atoms with Crippen LogP contribution in [0.3, 0.4) is 0 Å². The quantitative estimate of drug-likeness (QED) is 0.755. The van der Waals surface area contributed by atoms with E-state index in [1.54, 1.807) is 11.3 Å². The van der Waals surface area contributed by atoms with Gasteiger partial charge in [0.1, 0.15) is 0 Å². The van der Waals surface area contributed by atoms with E-state index in [-0.39, 0.29) is 20.4 Å². The molecule has 0 unspecified atom stereocenters. The first-order valence-corrected chi connectivity index (χ1v) is 4.41. The van der Waals surface area contributed by atoms with Crippen molar-refractivity contribution < 1.29 is 20.4 Å². The summed E-state index contributed by atoms with van der Waals surface area (Å²) in [6, 6.07) is 0. The minimum Gasteiger partial charge on any atom is -0.390 e. The Labute approximate surface area is 85.9 Å². The van der Waals surface area contributed by atoms with E-state index < -0.39 is 0 Å². The van der Waals surface area contributed by atoms with E-state index in [0.717, 1.165) is 0 Å². The maximum Gasteiger partial charge on any atom is 0 e. The molecule has 1 rings (SSSR count). The van der Waals surface area contributed by atoms with Crippen LogP contribution in [-0.4, -0.2) is 4.98 Å². The third-order valence-corrected chi connectivity index (χ3v) is 2.43. The van der Waals surface area contributed by atoms with Crippen molar-refractivity contribution in [3.05, 3.63) is 16.6 Å². The van der Waals surface area contributed by atoms with Crippen molar-refractivity contribution in [2.45, 2.75) is 26.7 Å². The Balaban J connectivity index is 0.000001000. The predicted molar refractivity (Wildman–Crippen MR) is 44.2 cm³/mol. The molecule has 1 radical (unpaired) electrons. The maximum atomic E-state index is 4.13. The van der Waals surface area contributed by atoms with E-state index >= 15 is 0 Å². The summed E-state index contributed by atoms with van der Waals surface area (Å²) in [7, 11) is 0. The van der Waals surface area contributed by atoms with Crippen molar-refractivity contribution in [1.82, 2.24) is 4.98 Å². The second-order valence-electron chi connectivity index (χ2n) is 2.90. The van der Waals surface area contributed by atoms with Crippen LogP contribution in [0.15, 0.2) is 5.38 Å². The Bertz CT molecular complexity index is 184. The van der Waals surface area contributed by atoms with Crippen molar-refractivity contribution in [3.8, 4) is 0 Å². The molecule has 0 fully saturated rings. The number of nitrogens with zero attached hydrogens (tertiary/aromatic N) is 1. The first-order chi connectivity index (χ1) is 4.72. The minimum atomic E-state index is 0. The molecule has 0 bridgehead atoms. The standard InChI is InChI=1S/C8H12NS.Re/c1-6(2)7(3)8-4-10-5-9-8;/h4,6-7H,1-3H3;/q-1;/t7-;/m1./s1. The van der Waals surface area contributed by atoms with Crippen molar-refractivity contribution in [2.75, 3.05) is 0 Å². The van der Waals surface area contributed by atoms with Gasteiger partial charge in [-0.15, -0.1) is 11.1 Å². The zero-order valence-electron chi connectivity index (χ0n) is 6.97. The maximum absolute atomic E-state index is 4.13. The fourth-order valence-corrected chi connectivity index (χ4v) is 1.34. The molecule has 0 saturated carbocycles. The summed E-state index contributed by atoms with van der Waals surface area (Å²) in [6.07, 6.45) is 0. The van der Waals surface area contributed by atoms with Gasteiger partial charge in [-0.3, -0.25) is 11.3 Å². The molecule has 0 amide bonds. The smallest absolute Gasteiger partial charge is 0 e. The second-order valence-corrected chi connectivity index (χ2v) is 3.55. The molecule has 0 spiro atoms. The van der Waals surface area contributed by atoms with Crippen LogP contribution in [0, 0.1) is 11.4 Å². The van der Waals surface area contributed by atoms with E-state index in [4.69, 9.17) is 0 Å². The van der Waals surface area contributed by atoms with E-state index in [9.17, 15) is 0 Å². The Morgan fingerprint density at radius 2 is 2.09 bits per heavy atom. The summed E-state index contributed by atoms with van der Waals surface area (Å²) < 4.78 is 0. The van der Waals surface area contributed by atoms with Crippen molar-refractivity contribution >= 4 is 11.3 Å². The SMILES string of the molecule is CC(C)[C@@H](C)c1cs[c-]n1.[Re]. The molecular formula is C8H12NReS-. The summed E-state index contributed by atoms with van der Waals surface area (Å²) in [5.74, 6) is 1.25. The fraction of sp³-hybridized carbons (Fsp3) is 0.625. The van der Waals surface area contributed by atoms with Crippen LogP contribution in [0.25, 0.3) is 0 Å². The summed E-state index contributed by atoms with van der Waals surface area (Å²) >= 11 is 1.55. The van der Waals surface area contributed by atoms with E-state index in [2.05, 4.69) is 36.6 Å². The molecule has 3 heteroatoms. The van der Waals surface area contributed by atoms with Gasteiger partial charge in [0.25, 0.3) is 0 Å². The molecule has 1 atom stereocenters. The molecule has 1 aromatic heterocycles. The van der Waals surface area contributed by atoms with Crippen LogP contribution in [0.4, 0.5) is 0 Å². The molecule has 63 valence electrons. The Kier molecular flexibility index (Phi) is 5.16. The van der Waals surface area contributed by atoms with Gasteiger partial charge in [-0.05, 0) is 5.51 Å². The first kappa shape index (κ1) is 11.3. The molecule has 0 aliphatic carbocycles. The molecule has 1 nitrogen and oxygen atoms in total. The third kappa shape index (κ3) is 3.03. The Morgan fingerprint density at radius 3 is 2.45 bits per heavy atom. The van der Waals surface area contributed by atoms with Gasteiger partial charge in [0.15, 0.2) is 0 Å². The van der Waals surface area contributed by atoms with Crippen LogP contribution < -0.4 is 0 Å². The fourth-order valence-electron chi connectivity index (χ4n) is 0.743. The van der Waals surface area contributed by atoms with E-state index in [1.807, 2.05) is 0 Å². The van der Waals surface area contributed by atoms with Crippen molar-refractivity contribution in [2.24, 2.45) is 5.92 Å². The van der Waals surface area contributed by atoms with Gasteiger partial charge in [-0.25, -0.2) is 0 Å². The Hall–Kier alpha value is 0.292. The summed E-state index contributed by atoms with van der Waals surface area (Å²) in [5, 5.41) is 2.07. The number of rotatable bonds is 2. The molecule has 0 aliphatic heterocycles. The van der Waals surface area contributed by atoms with Crippen LogP contribution in [-0.2, 0) is 20.4 Å². The topological polar surface area (TPSA) is 12.9 Å². The van der Waals surface area contributed by atoms with Crippen LogP contribution in [0.5, 0.6) is 0 Å². The summed E-state index contributed by atoms with van der Waals surface area (Å²) in [5.41, 5.74) is 4.04. The number of hydrogen-bond donors (Lipinski definition) is 0. The predicted octanol–water partition coefficient (Wildman–Crippen LogP) is 2.70. The minimum absolute atomic E-state index is 0. The van der Waals surface area contributed by atoms with Crippen molar-refractivity contribution in [3.63, 3.8) is 0 Å². The van der Waals surface area contributed by atoms with E-state index in [1.165, 1.54) is 5.69 Å². The largest absolute Gasteiger partial charge is 0.390 e. The van der Waals surface area contributed by atoms with Crippen LogP contribution in [0.2, 0.25) is 0 Å². The number of aromatic nitrogens is 1. The molecule has 0 saturated heterocycles. The average molecular weight is 340 g/mol. The molecular weight excluding hydrogens is 328 g/mol. The van der Waals surface area contributed by atoms with Gasteiger partial charge < -0.3 is 4.98 Å². The summed E-state index contributed by atoms with van der Waals surface area (Å²) in [6.45, 7) is 6.63. The monoisotopic (exact) mass is 341 g/mol. The first-order valence-electron chi connectivity index (χ1n) is 3.53. The van der Waals surface area contributed by atoms with Crippen LogP contribution >= 0.6 is 11.3 Å². The third-order valence-electron chi connectivity index (χ3n) is 1.87. The van der Waals surface area contributed by atoms with E-state index in [0.29, 0.717) is 11.8 Å². The molecule has 0 aromatic carbocycles. The van der Waals surface area contributed by atoms with Gasteiger partial charge in [-0.1, -0.05) is 32.6 Å². The zero-order valence-corrected chi connectivity index (χ0v) is 10.5. The molecule has 0 N–H and O–H groups in total. The zero-order chi connectivity index (χ0) is 7.56. The average Bonchev–Trinajstić information content (AvgIpc) is 2.36. The molecule has 11 heavy (non-hydrogen) atoms. The number of hydrogen-bond acceptors (Lipinski definition) is 2. The van der Waals surface area contributed by atoms with Crippen LogP contribution in [0.1, 0.15) is 32.4 Å².